The van der Waals surface area contributed by atoms with Gasteiger partial charge in [-0.3, -0.25) is 14.9 Å². The fourth-order valence-electron chi connectivity index (χ4n) is 2.92. The fourth-order valence-corrected chi connectivity index (χ4v) is 3.12. The highest BCUT2D eigenvalue weighted by Gasteiger charge is 2.22. The van der Waals surface area contributed by atoms with Gasteiger partial charge in [-0.1, -0.05) is 29.8 Å². The van der Waals surface area contributed by atoms with Crippen LogP contribution >= 0.6 is 11.6 Å². The summed E-state index contributed by atoms with van der Waals surface area (Å²) in [5, 5.41) is 11.3. The van der Waals surface area contributed by atoms with Gasteiger partial charge in [0.25, 0.3) is 5.69 Å². The number of anilines is 1. The smallest absolute Gasteiger partial charge is 0.269 e. The van der Waals surface area contributed by atoms with Gasteiger partial charge < -0.3 is 9.80 Å². The number of carbonyl (C=O) groups is 1. The lowest BCUT2D eigenvalue weighted by molar-refractivity contribution is -0.384. The minimum atomic E-state index is -0.408. The second kappa shape index (κ2) is 7.53. The van der Waals surface area contributed by atoms with Crippen molar-refractivity contribution in [1.29, 1.82) is 0 Å². The molecular weight excluding hydrogens is 342 g/mol. The Morgan fingerprint density at radius 1 is 1.04 bits per heavy atom. The van der Waals surface area contributed by atoms with Crippen LogP contribution in [0.15, 0.2) is 48.5 Å². The molecule has 2 aromatic rings. The number of hydrogen-bond acceptors (Lipinski definition) is 4. The Kier molecular flexibility index (Phi) is 5.19. The number of nitro benzene ring substituents is 1. The minimum absolute atomic E-state index is 0.0662. The second-order valence-electron chi connectivity index (χ2n) is 5.91. The van der Waals surface area contributed by atoms with Crippen molar-refractivity contribution in [2.45, 2.75) is 6.42 Å². The first-order valence-electron chi connectivity index (χ1n) is 8.05. The summed E-state index contributed by atoms with van der Waals surface area (Å²) in [6.07, 6.45) is 0.303. The highest BCUT2D eigenvalue weighted by atomic mass is 35.5. The molecule has 25 heavy (non-hydrogen) atoms. The molecule has 0 aromatic heterocycles. The highest BCUT2D eigenvalue weighted by Crippen LogP contribution is 2.21. The number of hydrogen-bond donors (Lipinski definition) is 0. The maximum atomic E-state index is 12.5. The lowest BCUT2D eigenvalue weighted by Gasteiger charge is -2.36. The van der Waals surface area contributed by atoms with E-state index in [0.717, 1.165) is 11.3 Å². The number of halogens is 1. The van der Waals surface area contributed by atoms with E-state index in [0.29, 0.717) is 37.6 Å². The molecule has 0 atom stereocenters. The van der Waals surface area contributed by atoms with Crippen LogP contribution in [-0.4, -0.2) is 41.9 Å². The predicted molar refractivity (Wildman–Crippen MR) is 97.0 cm³/mol. The Hall–Kier alpha value is -2.60. The van der Waals surface area contributed by atoms with Crippen molar-refractivity contribution in [3.05, 3.63) is 69.2 Å². The van der Waals surface area contributed by atoms with Gasteiger partial charge in [-0.25, -0.2) is 0 Å². The summed E-state index contributed by atoms with van der Waals surface area (Å²) >= 11 is 6.12. The molecule has 0 spiro atoms. The third kappa shape index (κ3) is 4.09. The van der Waals surface area contributed by atoms with Gasteiger partial charge in [0.05, 0.1) is 11.3 Å². The molecule has 0 bridgehead atoms. The van der Waals surface area contributed by atoms with Crippen LogP contribution in [0.5, 0.6) is 0 Å². The van der Waals surface area contributed by atoms with E-state index in [1.807, 2.05) is 23.1 Å². The van der Waals surface area contributed by atoms with E-state index >= 15 is 0 Å². The van der Waals surface area contributed by atoms with Gasteiger partial charge in [-0.2, -0.15) is 0 Å². The van der Waals surface area contributed by atoms with Crippen molar-refractivity contribution < 1.29 is 9.72 Å². The van der Waals surface area contributed by atoms with Crippen molar-refractivity contribution >= 4 is 28.9 Å². The molecule has 1 aliphatic heterocycles. The van der Waals surface area contributed by atoms with Gasteiger partial charge in [0.2, 0.25) is 5.91 Å². The van der Waals surface area contributed by atoms with Crippen LogP contribution in [0, 0.1) is 10.1 Å². The average Bonchev–Trinajstić information content (AvgIpc) is 2.64. The molecule has 0 N–H and O–H groups in total. The number of benzene rings is 2. The zero-order chi connectivity index (χ0) is 17.8. The molecule has 0 radical (unpaired) electrons. The SMILES string of the molecule is O=C(Cc1ccccc1Cl)N1CCN(c2ccc([N+](=O)[O-])cc2)CC1. The third-order valence-electron chi connectivity index (χ3n) is 4.36. The molecule has 3 rings (SSSR count). The van der Waals surface area contributed by atoms with Crippen LogP contribution in [0.3, 0.4) is 0 Å². The summed E-state index contributed by atoms with van der Waals surface area (Å²) < 4.78 is 0. The molecule has 1 fully saturated rings. The first kappa shape index (κ1) is 17.2. The number of nitro groups is 1. The van der Waals surface area contributed by atoms with Crippen molar-refractivity contribution in [1.82, 2.24) is 4.90 Å². The van der Waals surface area contributed by atoms with Gasteiger partial charge >= 0.3 is 0 Å². The van der Waals surface area contributed by atoms with E-state index < -0.39 is 4.92 Å². The van der Waals surface area contributed by atoms with Crippen molar-refractivity contribution in [3.8, 4) is 0 Å². The molecule has 2 aromatic carbocycles. The molecule has 0 saturated carbocycles. The molecule has 1 amide bonds. The molecule has 0 aliphatic carbocycles. The van der Waals surface area contributed by atoms with E-state index in [9.17, 15) is 14.9 Å². The predicted octanol–water partition coefficient (Wildman–Crippen LogP) is 3.14. The maximum absolute atomic E-state index is 12.5. The standard InChI is InChI=1S/C18H18ClN3O3/c19-17-4-2-1-3-14(17)13-18(23)21-11-9-20(10-12-21)15-5-7-16(8-6-15)22(24)25/h1-8H,9-13H2. The fraction of sp³-hybridized carbons (Fsp3) is 0.278. The Morgan fingerprint density at radius 3 is 2.28 bits per heavy atom. The molecule has 1 heterocycles. The third-order valence-corrected chi connectivity index (χ3v) is 4.73. The summed E-state index contributed by atoms with van der Waals surface area (Å²) in [6.45, 7) is 2.65. The number of piperazine rings is 1. The van der Waals surface area contributed by atoms with Crippen LogP contribution in [-0.2, 0) is 11.2 Å². The normalized spacial score (nSPS) is 14.4. The summed E-state index contributed by atoms with van der Waals surface area (Å²) in [4.78, 5) is 26.7. The summed E-state index contributed by atoms with van der Waals surface area (Å²) in [6, 6.07) is 13.9. The molecule has 1 aliphatic rings. The molecule has 0 unspecified atom stereocenters. The topological polar surface area (TPSA) is 66.7 Å². The first-order chi connectivity index (χ1) is 12.0. The van der Waals surface area contributed by atoms with Crippen LogP contribution < -0.4 is 4.90 Å². The van der Waals surface area contributed by atoms with E-state index in [2.05, 4.69) is 4.90 Å². The van der Waals surface area contributed by atoms with Crippen molar-refractivity contribution in [2.24, 2.45) is 0 Å². The van der Waals surface area contributed by atoms with Gasteiger partial charge in [0, 0.05) is 49.0 Å². The zero-order valence-electron chi connectivity index (χ0n) is 13.6. The Labute approximate surface area is 150 Å². The molecule has 7 heteroatoms. The van der Waals surface area contributed by atoms with Gasteiger partial charge in [-0.05, 0) is 23.8 Å². The molecular formula is C18H18ClN3O3. The minimum Gasteiger partial charge on any atom is -0.368 e. The Bertz CT molecular complexity index is 771. The monoisotopic (exact) mass is 359 g/mol. The van der Waals surface area contributed by atoms with Crippen LogP contribution in [0.2, 0.25) is 5.02 Å². The van der Waals surface area contributed by atoms with E-state index in [1.165, 1.54) is 12.1 Å². The van der Waals surface area contributed by atoms with Crippen molar-refractivity contribution in [2.75, 3.05) is 31.1 Å². The number of amides is 1. The maximum Gasteiger partial charge on any atom is 0.269 e. The summed E-state index contributed by atoms with van der Waals surface area (Å²) in [7, 11) is 0. The van der Waals surface area contributed by atoms with E-state index in [4.69, 9.17) is 11.6 Å². The number of carbonyl (C=O) groups excluding carboxylic acids is 1. The molecule has 6 nitrogen and oxygen atoms in total. The second-order valence-corrected chi connectivity index (χ2v) is 6.32. The van der Waals surface area contributed by atoms with Crippen LogP contribution in [0.4, 0.5) is 11.4 Å². The first-order valence-corrected chi connectivity index (χ1v) is 8.43. The van der Waals surface area contributed by atoms with Crippen LogP contribution in [0.1, 0.15) is 5.56 Å². The Balaban J connectivity index is 1.57. The number of nitrogens with zero attached hydrogens (tertiary/aromatic N) is 3. The number of non-ortho nitro benzene ring substituents is 1. The largest absolute Gasteiger partial charge is 0.368 e. The number of rotatable bonds is 4. The van der Waals surface area contributed by atoms with Gasteiger partial charge in [0.15, 0.2) is 0 Å². The average molecular weight is 360 g/mol. The lowest BCUT2D eigenvalue weighted by Crippen LogP contribution is -2.49. The molecule has 1 saturated heterocycles. The van der Waals surface area contributed by atoms with Gasteiger partial charge in [0.1, 0.15) is 0 Å². The van der Waals surface area contributed by atoms with Gasteiger partial charge in [-0.15, -0.1) is 0 Å². The summed E-state index contributed by atoms with van der Waals surface area (Å²) in [5.41, 5.74) is 1.85. The quantitative estimate of drug-likeness (QED) is 0.621. The van der Waals surface area contributed by atoms with E-state index in [-0.39, 0.29) is 11.6 Å². The molecule has 130 valence electrons. The Morgan fingerprint density at radius 2 is 1.68 bits per heavy atom. The van der Waals surface area contributed by atoms with Crippen molar-refractivity contribution in [3.63, 3.8) is 0 Å². The lowest BCUT2D eigenvalue weighted by atomic mass is 10.1. The summed E-state index contributed by atoms with van der Waals surface area (Å²) in [5.74, 6) is 0.0662. The van der Waals surface area contributed by atoms with E-state index in [1.54, 1.807) is 18.2 Å². The zero-order valence-corrected chi connectivity index (χ0v) is 14.4. The highest BCUT2D eigenvalue weighted by molar-refractivity contribution is 6.31. The van der Waals surface area contributed by atoms with Crippen LogP contribution in [0.25, 0.3) is 0 Å².